The van der Waals surface area contributed by atoms with E-state index in [1.807, 2.05) is 32.0 Å². The van der Waals surface area contributed by atoms with Crippen molar-refractivity contribution in [1.82, 2.24) is 4.72 Å². The molecule has 0 aromatic heterocycles. The van der Waals surface area contributed by atoms with Gasteiger partial charge in [-0.15, -0.1) is 0 Å². The number of sulfonamides is 1. The van der Waals surface area contributed by atoms with Crippen LogP contribution >= 0.6 is 0 Å². The van der Waals surface area contributed by atoms with Gasteiger partial charge >= 0.3 is 0 Å². The molecule has 7 nitrogen and oxygen atoms in total. The monoisotopic (exact) mass is 451 g/mol. The smallest absolute Gasteiger partial charge is 0.241 e. The van der Waals surface area contributed by atoms with Crippen LogP contribution in [0.5, 0.6) is 17.2 Å². The van der Waals surface area contributed by atoms with E-state index >= 15 is 0 Å². The van der Waals surface area contributed by atoms with Gasteiger partial charge in [0, 0.05) is 13.2 Å². The Morgan fingerprint density at radius 1 is 0.839 bits per heavy atom. The Kier molecular flexibility index (Phi) is 10.1. The molecule has 0 bridgehead atoms. The third-order valence-electron chi connectivity index (χ3n) is 4.41. The summed E-state index contributed by atoms with van der Waals surface area (Å²) in [5, 5.41) is 0. The molecule has 0 radical (unpaired) electrons. The average Bonchev–Trinajstić information content (AvgIpc) is 2.76. The van der Waals surface area contributed by atoms with E-state index in [0.717, 1.165) is 18.4 Å². The first-order chi connectivity index (χ1) is 14.9. The van der Waals surface area contributed by atoms with Gasteiger partial charge in [0.05, 0.1) is 24.7 Å². The summed E-state index contributed by atoms with van der Waals surface area (Å²) in [6.07, 6.45) is 1.76. The van der Waals surface area contributed by atoms with E-state index < -0.39 is 16.1 Å². The Hall–Kier alpha value is -2.29. The van der Waals surface area contributed by atoms with Crippen molar-refractivity contribution in [2.24, 2.45) is 0 Å². The van der Waals surface area contributed by atoms with Crippen molar-refractivity contribution in [2.75, 3.05) is 33.5 Å². The van der Waals surface area contributed by atoms with Gasteiger partial charge in [0.1, 0.15) is 12.4 Å². The zero-order chi connectivity index (χ0) is 22.7. The highest BCUT2D eigenvalue weighted by atomic mass is 32.2. The number of hydrogen-bond donors (Lipinski definition) is 1. The first-order valence-corrected chi connectivity index (χ1v) is 12.0. The van der Waals surface area contributed by atoms with E-state index in [-0.39, 0.29) is 4.90 Å². The van der Waals surface area contributed by atoms with Crippen LogP contribution in [0, 0.1) is 0 Å². The first kappa shape index (κ1) is 25.0. The molecule has 1 atom stereocenters. The van der Waals surface area contributed by atoms with Crippen molar-refractivity contribution in [3.8, 4) is 17.2 Å². The molecule has 0 aliphatic carbocycles. The minimum atomic E-state index is -3.71. The van der Waals surface area contributed by atoms with Crippen LogP contribution in [0.4, 0.5) is 0 Å². The third-order valence-corrected chi connectivity index (χ3v) is 5.97. The van der Waals surface area contributed by atoms with Gasteiger partial charge in [-0.25, -0.2) is 13.1 Å². The summed E-state index contributed by atoms with van der Waals surface area (Å²) in [5.74, 6) is 1.87. The zero-order valence-corrected chi connectivity index (χ0v) is 19.5. The zero-order valence-electron chi connectivity index (χ0n) is 18.7. The molecule has 8 heteroatoms. The molecule has 0 fully saturated rings. The Bertz CT molecular complexity index is 899. The SMILES string of the molecule is CCCOc1ccc(C(C)NS(=O)(=O)c2ccc(OCCOC)cc2)cc1OCCC. The summed E-state index contributed by atoms with van der Waals surface area (Å²) in [7, 11) is -2.11. The van der Waals surface area contributed by atoms with Crippen molar-refractivity contribution in [1.29, 1.82) is 0 Å². The number of methoxy groups -OCH3 is 1. The van der Waals surface area contributed by atoms with Crippen LogP contribution < -0.4 is 18.9 Å². The topological polar surface area (TPSA) is 83.1 Å². The molecule has 2 rings (SSSR count). The molecule has 0 saturated carbocycles. The Morgan fingerprint density at radius 2 is 1.48 bits per heavy atom. The Labute approximate surface area is 185 Å². The second kappa shape index (κ2) is 12.5. The van der Waals surface area contributed by atoms with Crippen molar-refractivity contribution < 1.29 is 27.4 Å². The van der Waals surface area contributed by atoms with Crippen LogP contribution in [0.3, 0.4) is 0 Å². The number of rotatable bonds is 14. The van der Waals surface area contributed by atoms with E-state index in [0.29, 0.717) is 43.7 Å². The fourth-order valence-electron chi connectivity index (χ4n) is 2.78. The lowest BCUT2D eigenvalue weighted by molar-refractivity contribution is 0.146. The van der Waals surface area contributed by atoms with Gasteiger partial charge in [-0.3, -0.25) is 0 Å². The van der Waals surface area contributed by atoms with Crippen LogP contribution in [0.25, 0.3) is 0 Å². The minimum absolute atomic E-state index is 0.170. The van der Waals surface area contributed by atoms with E-state index in [4.69, 9.17) is 18.9 Å². The van der Waals surface area contributed by atoms with Gasteiger partial charge in [-0.2, -0.15) is 0 Å². The van der Waals surface area contributed by atoms with Crippen LogP contribution in [-0.2, 0) is 14.8 Å². The molecule has 31 heavy (non-hydrogen) atoms. The number of nitrogens with one attached hydrogen (secondary N) is 1. The van der Waals surface area contributed by atoms with E-state index in [9.17, 15) is 8.42 Å². The van der Waals surface area contributed by atoms with Crippen molar-refractivity contribution >= 4 is 10.0 Å². The summed E-state index contributed by atoms with van der Waals surface area (Å²) in [6, 6.07) is 11.4. The van der Waals surface area contributed by atoms with Gasteiger partial charge in [0.15, 0.2) is 11.5 Å². The molecule has 0 saturated heterocycles. The molecule has 0 spiro atoms. The molecule has 172 valence electrons. The van der Waals surface area contributed by atoms with Crippen molar-refractivity contribution in [3.05, 3.63) is 48.0 Å². The van der Waals surface area contributed by atoms with Crippen molar-refractivity contribution in [3.63, 3.8) is 0 Å². The summed E-state index contributed by atoms with van der Waals surface area (Å²) >= 11 is 0. The summed E-state index contributed by atoms with van der Waals surface area (Å²) < 4.78 is 50.4. The molecule has 2 aromatic carbocycles. The molecule has 0 aliphatic heterocycles. The average molecular weight is 452 g/mol. The molecule has 0 heterocycles. The fraction of sp³-hybridized carbons (Fsp3) is 0.478. The third kappa shape index (κ3) is 7.72. The Balaban J connectivity index is 2.12. The lowest BCUT2D eigenvalue weighted by Gasteiger charge is -2.18. The first-order valence-electron chi connectivity index (χ1n) is 10.5. The summed E-state index contributed by atoms with van der Waals surface area (Å²) in [4.78, 5) is 0.170. The molecular weight excluding hydrogens is 418 g/mol. The highest BCUT2D eigenvalue weighted by molar-refractivity contribution is 7.89. The van der Waals surface area contributed by atoms with Crippen LogP contribution in [0.15, 0.2) is 47.4 Å². The largest absolute Gasteiger partial charge is 0.491 e. The maximum atomic E-state index is 12.8. The van der Waals surface area contributed by atoms with Crippen LogP contribution in [-0.4, -0.2) is 42.0 Å². The quantitative estimate of drug-likeness (QED) is 0.431. The van der Waals surface area contributed by atoms with Gasteiger partial charge in [0.2, 0.25) is 10.0 Å². The number of benzene rings is 2. The standard InChI is InChI=1S/C23H33NO6S/c1-5-13-29-22-12-7-19(17-23(22)30-14-6-2)18(3)24-31(25,26)21-10-8-20(9-11-21)28-16-15-27-4/h7-12,17-18,24H,5-6,13-16H2,1-4H3. The Morgan fingerprint density at radius 3 is 2.10 bits per heavy atom. The van der Waals surface area contributed by atoms with E-state index in [1.165, 1.54) is 12.1 Å². The van der Waals surface area contributed by atoms with Gasteiger partial charge < -0.3 is 18.9 Å². The second-order valence-electron chi connectivity index (χ2n) is 7.06. The normalized spacial score (nSPS) is 12.4. The van der Waals surface area contributed by atoms with Crippen LogP contribution in [0.1, 0.15) is 45.2 Å². The van der Waals surface area contributed by atoms with Crippen LogP contribution in [0.2, 0.25) is 0 Å². The summed E-state index contributed by atoms with van der Waals surface area (Å²) in [5.41, 5.74) is 0.790. The van der Waals surface area contributed by atoms with Gasteiger partial charge in [0.25, 0.3) is 0 Å². The second-order valence-corrected chi connectivity index (χ2v) is 8.77. The van der Waals surface area contributed by atoms with Gasteiger partial charge in [-0.1, -0.05) is 19.9 Å². The molecular formula is C23H33NO6S. The molecule has 1 unspecified atom stereocenters. The highest BCUT2D eigenvalue weighted by Crippen LogP contribution is 2.31. The molecule has 0 amide bonds. The predicted molar refractivity (Wildman–Crippen MR) is 121 cm³/mol. The maximum Gasteiger partial charge on any atom is 0.241 e. The predicted octanol–water partition coefficient (Wildman–Crippen LogP) is 4.33. The number of hydrogen-bond acceptors (Lipinski definition) is 6. The minimum Gasteiger partial charge on any atom is -0.491 e. The summed E-state index contributed by atoms with van der Waals surface area (Å²) in [6.45, 7) is 7.88. The molecule has 2 aromatic rings. The van der Waals surface area contributed by atoms with E-state index in [1.54, 1.807) is 26.2 Å². The lowest BCUT2D eigenvalue weighted by atomic mass is 10.1. The van der Waals surface area contributed by atoms with E-state index in [2.05, 4.69) is 4.72 Å². The van der Waals surface area contributed by atoms with Gasteiger partial charge in [-0.05, 0) is 61.7 Å². The highest BCUT2D eigenvalue weighted by Gasteiger charge is 2.20. The number of ether oxygens (including phenoxy) is 4. The lowest BCUT2D eigenvalue weighted by Crippen LogP contribution is -2.27. The maximum absolute atomic E-state index is 12.8. The van der Waals surface area contributed by atoms with Crippen molar-refractivity contribution in [2.45, 2.75) is 44.6 Å². The molecule has 1 N–H and O–H groups in total. The fourth-order valence-corrected chi connectivity index (χ4v) is 4.01. The molecule has 0 aliphatic rings.